The van der Waals surface area contributed by atoms with Gasteiger partial charge in [0.2, 0.25) is 0 Å². The van der Waals surface area contributed by atoms with E-state index in [0.717, 1.165) is 31.0 Å². The molecule has 4 aromatic rings. The van der Waals surface area contributed by atoms with E-state index in [2.05, 4.69) is 58.5 Å². The van der Waals surface area contributed by atoms with Gasteiger partial charge in [-0.15, -0.1) is 0 Å². The van der Waals surface area contributed by atoms with Gasteiger partial charge in [-0.05, 0) is 83.8 Å². The maximum Gasteiger partial charge on any atom is 0.311 e. The van der Waals surface area contributed by atoms with Crippen molar-refractivity contribution in [2.24, 2.45) is 0 Å². The van der Waals surface area contributed by atoms with E-state index in [1.807, 2.05) is 12.1 Å². The molecule has 0 radical (unpaired) electrons. The molecule has 51 heavy (non-hydrogen) atoms. The standard InChI is InChI=1S/C26H23F7.C11H14.C7H16/c1-16-8-9-19(14-23(16)25(2,30)31)22(12-17-6-4-3-5-7-17)20-10-18(11-21(27)13-20)15-26(32,33)24(28)29;1-4-10(3)11-7-5-9(2)6-8-11;1-3-5-7-6-4-2/h3-11,13-14,22,24H,12,15H2,1-2H3;5-8H,3-4H2,1-2H3;3-7H2,1-2H3/t22-;;/m1../s1. The van der Waals surface area contributed by atoms with Gasteiger partial charge in [-0.1, -0.05) is 138 Å². The van der Waals surface area contributed by atoms with E-state index >= 15 is 0 Å². The topological polar surface area (TPSA) is 0 Å². The molecule has 278 valence electrons. The zero-order chi connectivity index (χ0) is 38.2. The zero-order valence-electron chi connectivity index (χ0n) is 30.8. The van der Waals surface area contributed by atoms with Crippen LogP contribution in [0.5, 0.6) is 0 Å². The summed E-state index contributed by atoms with van der Waals surface area (Å²) < 4.78 is 95.4. The van der Waals surface area contributed by atoms with Crippen molar-refractivity contribution in [2.75, 3.05) is 0 Å². The van der Waals surface area contributed by atoms with Crippen LogP contribution < -0.4 is 0 Å². The molecule has 0 amide bonds. The second-order valence-corrected chi connectivity index (χ2v) is 13.2. The zero-order valence-corrected chi connectivity index (χ0v) is 30.8. The number of hydrogen-bond acceptors (Lipinski definition) is 0. The summed E-state index contributed by atoms with van der Waals surface area (Å²) in [5.41, 5.74) is 5.17. The van der Waals surface area contributed by atoms with E-state index in [1.165, 1.54) is 67.0 Å². The quantitative estimate of drug-likeness (QED) is 0.0901. The Balaban J connectivity index is 0.000000408. The van der Waals surface area contributed by atoms with E-state index in [-0.39, 0.29) is 23.1 Å². The summed E-state index contributed by atoms with van der Waals surface area (Å²) in [5.74, 6) is -8.96. The van der Waals surface area contributed by atoms with Crippen LogP contribution in [0.4, 0.5) is 30.7 Å². The second kappa shape index (κ2) is 20.8. The van der Waals surface area contributed by atoms with Gasteiger partial charge in [0.1, 0.15) is 5.82 Å². The van der Waals surface area contributed by atoms with E-state index in [0.29, 0.717) is 11.1 Å². The Morgan fingerprint density at radius 1 is 0.706 bits per heavy atom. The van der Waals surface area contributed by atoms with Gasteiger partial charge in [-0.25, -0.2) is 22.0 Å². The Kier molecular flexibility index (Phi) is 17.7. The predicted octanol–water partition coefficient (Wildman–Crippen LogP) is 14.5. The molecular weight excluding hydrogens is 661 g/mol. The van der Waals surface area contributed by atoms with Crippen LogP contribution in [-0.4, -0.2) is 12.3 Å². The highest BCUT2D eigenvalue weighted by atomic mass is 19.3. The van der Waals surface area contributed by atoms with Crippen molar-refractivity contribution in [3.8, 4) is 0 Å². The minimum atomic E-state index is -4.32. The van der Waals surface area contributed by atoms with Crippen LogP contribution in [-0.2, 0) is 18.8 Å². The molecule has 0 saturated carbocycles. The first kappa shape index (κ1) is 43.3. The minimum absolute atomic E-state index is 0.195. The Morgan fingerprint density at radius 3 is 1.84 bits per heavy atom. The number of benzene rings is 4. The molecule has 0 aromatic heterocycles. The highest BCUT2D eigenvalue weighted by molar-refractivity contribution is 5.63. The molecule has 0 fully saturated rings. The fourth-order valence-corrected chi connectivity index (χ4v) is 5.61. The lowest BCUT2D eigenvalue weighted by atomic mass is 9.83. The van der Waals surface area contributed by atoms with Crippen LogP contribution in [0.15, 0.2) is 97.6 Å². The summed E-state index contributed by atoms with van der Waals surface area (Å²) in [6.45, 7) is 15.0. The number of allylic oxidation sites excluding steroid dienone is 1. The lowest BCUT2D eigenvalue weighted by Gasteiger charge is -2.23. The lowest BCUT2D eigenvalue weighted by Crippen LogP contribution is -2.29. The van der Waals surface area contributed by atoms with Gasteiger partial charge in [-0.2, -0.15) is 8.78 Å². The second-order valence-electron chi connectivity index (χ2n) is 13.2. The molecule has 0 aliphatic rings. The number of halogens is 7. The molecule has 0 aliphatic carbocycles. The smallest absolute Gasteiger partial charge is 0.207 e. The van der Waals surface area contributed by atoms with E-state index in [9.17, 15) is 30.7 Å². The van der Waals surface area contributed by atoms with Crippen LogP contribution in [0.1, 0.15) is 117 Å². The van der Waals surface area contributed by atoms with Gasteiger partial charge in [0.05, 0.1) is 0 Å². The van der Waals surface area contributed by atoms with Crippen molar-refractivity contribution in [2.45, 2.75) is 117 Å². The molecule has 0 heterocycles. The van der Waals surface area contributed by atoms with E-state index < -0.39 is 36.4 Å². The third-order valence-corrected chi connectivity index (χ3v) is 8.65. The lowest BCUT2D eigenvalue weighted by molar-refractivity contribution is -0.127. The highest BCUT2D eigenvalue weighted by Gasteiger charge is 2.41. The fourth-order valence-electron chi connectivity index (χ4n) is 5.61. The van der Waals surface area contributed by atoms with Crippen molar-refractivity contribution < 1.29 is 30.7 Å². The van der Waals surface area contributed by atoms with Crippen molar-refractivity contribution in [3.63, 3.8) is 0 Å². The molecule has 0 unspecified atom stereocenters. The average molecular weight is 715 g/mol. The molecular formula is C44H53F7. The predicted molar refractivity (Wildman–Crippen MR) is 199 cm³/mol. The molecule has 0 saturated heterocycles. The number of rotatable bonds is 14. The molecule has 0 nitrogen and oxygen atoms in total. The molecule has 4 aromatic carbocycles. The highest BCUT2D eigenvalue weighted by Crippen LogP contribution is 2.37. The van der Waals surface area contributed by atoms with E-state index in [1.54, 1.807) is 31.2 Å². The van der Waals surface area contributed by atoms with Gasteiger partial charge in [0, 0.05) is 24.8 Å². The Labute approximate surface area is 300 Å². The number of alkyl halides is 6. The maximum atomic E-state index is 14.4. The summed E-state index contributed by atoms with van der Waals surface area (Å²) in [6.07, 6.45) is 3.08. The van der Waals surface area contributed by atoms with Crippen LogP contribution in [0.25, 0.3) is 5.57 Å². The Bertz CT molecular complexity index is 1600. The van der Waals surface area contributed by atoms with Crippen molar-refractivity contribution in [1.29, 1.82) is 0 Å². The minimum Gasteiger partial charge on any atom is -0.207 e. The first-order valence-corrected chi connectivity index (χ1v) is 17.7. The molecule has 4 rings (SSSR count). The van der Waals surface area contributed by atoms with Gasteiger partial charge >= 0.3 is 12.3 Å². The first-order chi connectivity index (χ1) is 24.0. The SMILES string of the molecule is C=C(CC)c1ccc(C)cc1.CCCCCCC.Cc1ccc([C@@H](Cc2ccccc2)c2cc(F)cc(CC(F)(F)C(F)F)c2)cc1C(C)(F)F. The number of hydrogen-bond donors (Lipinski definition) is 0. The number of aryl methyl sites for hydroxylation is 2. The van der Waals surface area contributed by atoms with Crippen LogP contribution in [0.2, 0.25) is 0 Å². The van der Waals surface area contributed by atoms with Crippen LogP contribution >= 0.6 is 0 Å². The maximum absolute atomic E-state index is 14.4. The monoisotopic (exact) mass is 714 g/mol. The van der Waals surface area contributed by atoms with Crippen molar-refractivity contribution in [1.82, 2.24) is 0 Å². The number of unbranched alkanes of at least 4 members (excludes halogenated alkanes) is 4. The third-order valence-electron chi connectivity index (χ3n) is 8.65. The van der Waals surface area contributed by atoms with Crippen molar-refractivity contribution in [3.05, 3.63) is 148 Å². The summed E-state index contributed by atoms with van der Waals surface area (Å²) in [7, 11) is 0. The Morgan fingerprint density at radius 2 is 1.31 bits per heavy atom. The summed E-state index contributed by atoms with van der Waals surface area (Å²) in [4.78, 5) is 0. The normalized spacial score (nSPS) is 12.0. The molecule has 0 bridgehead atoms. The van der Waals surface area contributed by atoms with Gasteiger partial charge in [-0.3, -0.25) is 0 Å². The van der Waals surface area contributed by atoms with Gasteiger partial charge < -0.3 is 0 Å². The summed E-state index contributed by atoms with van der Waals surface area (Å²) in [6, 6.07) is 25.1. The van der Waals surface area contributed by atoms with Crippen LogP contribution in [0, 0.1) is 19.7 Å². The molecule has 0 aliphatic heterocycles. The third kappa shape index (κ3) is 14.7. The molecule has 0 spiro atoms. The van der Waals surface area contributed by atoms with Crippen LogP contribution in [0.3, 0.4) is 0 Å². The van der Waals surface area contributed by atoms with Crippen molar-refractivity contribution >= 4 is 5.57 Å². The Hall–Kier alpha value is -3.87. The molecule has 1 atom stereocenters. The largest absolute Gasteiger partial charge is 0.311 e. The summed E-state index contributed by atoms with van der Waals surface area (Å²) >= 11 is 0. The van der Waals surface area contributed by atoms with E-state index in [4.69, 9.17) is 0 Å². The van der Waals surface area contributed by atoms with Gasteiger partial charge in [0.25, 0.3) is 5.92 Å². The molecule has 0 N–H and O–H groups in total. The average Bonchev–Trinajstić information content (AvgIpc) is 3.08. The summed E-state index contributed by atoms with van der Waals surface area (Å²) in [5, 5.41) is 0. The first-order valence-electron chi connectivity index (χ1n) is 17.7. The molecule has 7 heteroatoms. The fraction of sp³-hybridized carbons (Fsp3) is 0.409. The van der Waals surface area contributed by atoms with Gasteiger partial charge in [0.15, 0.2) is 0 Å².